The number of hydrogen-bond acceptors (Lipinski definition) is 1. The molecule has 1 N–H and O–H groups in total. The highest BCUT2D eigenvalue weighted by Crippen LogP contribution is 2.85. The molecule has 0 aromatic rings. The van der Waals surface area contributed by atoms with Gasteiger partial charge in [-0.1, -0.05) is 19.3 Å². The highest BCUT2D eigenvalue weighted by Gasteiger charge is 2.77. The minimum atomic E-state index is 0.460. The standard InChI is InChI=1S/C11H18O/c12-7-9-6-11(9)8-10(11)4-2-1-3-5-10/h9,12H,1-8H2. The van der Waals surface area contributed by atoms with E-state index >= 15 is 0 Å². The molecule has 2 unspecified atom stereocenters. The fourth-order valence-corrected chi connectivity index (χ4v) is 3.95. The van der Waals surface area contributed by atoms with Gasteiger partial charge in [0.05, 0.1) is 0 Å². The molecule has 0 heterocycles. The summed E-state index contributed by atoms with van der Waals surface area (Å²) in [4.78, 5) is 0. The zero-order valence-electron chi connectivity index (χ0n) is 7.68. The Morgan fingerprint density at radius 1 is 1.17 bits per heavy atom. The van der Waals surface area contributed by atoms with Crippen LogP contribution in [0.3, 0.4) is 0 Å². The lowest BCUT2D eigenvalue weighted by atomic mass is 9.83. The summed E-state index contributed by atoms with van der Waals surface area (Å²) in [5, 5.41) is 9.10. The Morgan fingerprint density at radius 3 is 2.50 bits per heavy atom. The molecule has 0 aromatic heterocycles. The fraction of sp³-hybridized carbons (Fsp3) is 1.00. The number of rotatable bonds is 1. The molecule has 3 aliphatic rings. The Bertz CT molecular complexity index is 205. The highest BCUT2D eigenvalue weighted by atomic mass is 16.3. The summed E-state index contributed by atoms with van der Waals surface area (Å²) in [5.41, 5.74) is 1.43. The van der Waals surface area contributed by atoms with Gasteiger partial charge < -0.3 is 5.11 Å². The van der Waals surface area contributed by atoms with Crippen LogP contribution in [0.2, 0.25) is 0 Å². The van der Waals surface area contributed by atoms with E-state index in [0.717, 1.165) is 5.41 Å². The second kappa shape index (κ2) is 2.06. The van der Waals surface area contributed by atoms with E-state index in [-0.39, 0.29) is 0 Å². The Labute approximate surface area is 74.2 Å². The predicted octanol–water partition coefficient (Wildman–Crippen LogP) is 2.34. The van der Waals surface area contributed by atoms with Gasteiger partial charge in [0, 0.05) is 6.61 Å². The van der Waals surface area contributed by atoms with E-state index in [9.17, 15) is 0 Å². The average molecular weight is 166 g/mol. The Kier molecular flexibility index (Phi) is 1.27. The maximum absolute atomic E-state index is 9.10. The monoisotopic (exact) mass is 166 g/mol. The second-order valence-electron chi connectivity index (χ2n) is 5.26. The molecule has 3 aliphatic carbocycles. The third-order valence-corrected chi connectivity index (χ3v) is 4.85. The van der Waals surface area contributed by atoms with Gasteiger partial charge in [0.15, 0.2) is 0 Å². The molecule has 0 bridgehead atoms. The molecule has 0 aliphatic heterocycles. The van der Waals surface area contributed by atoms with Crippen molar-refractivity contribution >= 4 is 0 Å². The van der Waals surface area contributed by atoms with Crippen LogP contribution in [0.4, 0.5) is 0 Å². The second-order valence-corrected chi connectivity index (χ2v) is 5.26. The Hall–Kier alpha value is -0.0400. The summed E-state index contributed by atoms with van der Waals surface area (Å²) >= 11 is 0. The van der Waals surface area contributed by atoms with Crippen LogP contribution < -0.4 is 0 Å². The number of aliphatic hydroxyl groups is 1. The van der Waals surface area contributed by atoms with Crippen LogP contribution in [0.25, 0.3) is 0 Å². The van der Waals surface area contributed by atoms with Gasteiger partial charge >= 0.3 is 0 Å². The van der Waals surface area contributed by atoms with Gasteiger partial charge in [-0.3, -0.25) is 0 Å². The molecule has 3 rings (SSSR count). The van der Waals surface area contributed by atoms with E-state index in [2.05, 4.69) is 0 Å². The lowest BCUT2D eigenvalue weighted by Gasteiger charge is -2.22. The molecule has 68 valence electrons. The van der Waals surface area contributed by atoms with Crippen molar-refractivity contribution < 1.29 is 5.11 Å². The van der Waals surface area contributed by atoms with Gasteiger partial charge in [0.25, 0.3) is 0 Å². The first-order valence-electron chi connectivity index (χ1n) is 5.44. The van der Waals surface area contributed by atoms with Crippen molar-refractivity contribution in [3.8, 4) is 0 Å². The van der Waals surface area contributed by atoms with Crippen molar-refractivity contribution in [2.75, 3.05) is 6.61 Å². The van der Waals surface area contributed by atoms with Crippen LogP contribution in [0, 0.1) is 16.7 Å². The van der Waals surface area contributed by atoms with E-state index in [4.69, 9.17) is 5.11 Å². The Morgan fingerprint density at radius 2 is 1.92 bits per heavy atom. The van der Waals surface area contributed by atoms with Gasteiger partial charge in [-0.2, -0.15) is 0 Å². The average Bonchev–Trinajstić information content (AvgIpc) is 2.95. The van der Waals surface area contributed by atoms with Crippen molar-refractivity contribution in [1.82, 2.24) is 0 Å². The van der Waals surface area contributed by atoms with Crippen LogP contribution in [0.1, 0.15) is 44.9 Å². The largest absolute Gasteiger partial charge is 0.396 e. The van der Waals surface area contributed by atoms with Gasteiger partial charge in [-0.05, 0) is 42.4 Å². The van der Waals surface area contributed by atoms with Crippen molar-refractivity contribution in [3.05, 3.63) is 0 Å². The summed E-state index contributed by atoms with van der Waals surface area (Å²) in [6, 6.07) is 0. The van der Waals surface area contributed by atoms with E-state index in [1.165, 1.54) is 44.9 Å². The molecule has 2 atom stereocenters. The maximum atomic E-state index is 9.10. The van der Waals surface area contributed by atoms with Gasteiger partial charge in [-0.15, -0.1) is 0 Å². The highest BCUT2D eigenvalue weighted by molar-refractivity contribution is 5.26. The molecule has 1 heteroatoms. The zero-order chi connectivity index (χ0) is 8.23. The molecule has 1 nitrogen and oxygen atoms in total. The van der Waals surface area contributed by atoms with E-state index in [1.54, 1.807) is 0 Å². The summed E-state index contributed by atoms with van der Waals surface area (Å²) in [5.74, 6) is 0.704. The quantitative estimate of drug-likeness (QED) is 0.634. The normalized spacial score (nSPS) is 48.2. The van der Waals surface area contributed by atoms with Crippen LogP contribution in [0.15, 0.2) is 0 Å². The van der Waals surface area contributed by atoms with Crippen molar-refractivity contribution in [2.45, 2.75) is 44.9 Å². The molecule has 12 heavy (non-hydrogen) atoms. The van der Waals surface area contributed by atoms with Crippen LogP contribution in [-0.4, -0.2) is 11.7 Å². The molecule has 2 spiro atoms. The minimum Gasteiger partial charge on any atom is -0.396 e. The molecule has 0 saturated heterocycles. The molecule has 0 radical (unpaired) electrons. The van der Waals surface area contributed by atoms with E-state index in [0.29, 0.717) is 17.9 Å². The van der Waals surface area contributed by atoms with Crippen molar-refractivity contribution in [2.24, 2.45) is 16.7 Å². The third kappa shape index (κ3) is 0.693. The molecule has 3 saturated carbocycles. The van der Waals surface area contributed by atoms with Crippen LogP contribution in [0.5, 0.6) is 0 Å². The summed E-state index contributed by atoms with van der Waals surface area (Å²) in [6.45, 7) is 0.460. The first-order chi connectivity index (χ1) is 5.83. The number of hydrogen-bond donors (Lipinski definition) is 1. The first kappa shape index (κ1) is 7.37. The molecule has 3 fully saturated rings. The van der Waals surface area contributed by atoms with E-state index < -0.39 is 0 Å². The van der Waals surface area contributed by atoms with Gasteiger partial charge in [-0.25, -0.2) is 0 Å². The lowest BCUT2D eigenvalue weighted by molar-refractivity contribution is 0.240. The molecular weight excluding hydrogens is 148 g/mol. The number of fused-ring (bicyclic) bond motifs is 1. The molecule has 0 amide bonds. The molecular formula is C11H18O. The molecule has 0 aromatic carbocycles. The van der Waals surface area contributed by atoms with Gasteiger partial charge in [0.2, 0.25) is 0 Å². The predicted molar refractivity (Wildman–Crippen MR) is 47.8 cm³/mol. The first-order valence-corrected chi connectivity index (χ1v) is 5.44. The van der Waals surface area contributed by atoms with Crippen LogP contribution in [-0.2, 0) is 0 Å². The van der Waals surface area contributed by atoms with Crippen LogP contribution >= 0.6 is 0 Å². The smallest absolute Gasteiger partial charge is 0.0465 e. The Balaban J connectivity index is 1.73. The lowest BCUT2D eigenvalue weighted by Crippen LogP contribution is -2.11. The minimum absolute atomic E-state index is 0.460. The third-order valence-electron chi connectivity index (χ3n) is 4.85. The summed E-state index contributed by atoms with van der Waals surface area (Å²) in [7, 11) is 0. The topological polar surface area (TPSA) is 20.2 Å². The van der Waals surface area contributed by atoms with Crippen molar-refractivity contribution in [1.29, 1.82) is 0 Å². The van der Waals surface area contributed by atoms with Gasteiger partial charge in [0.1, 0.15) is 0 Å². The zero-order valence-corrected chi connectivity index (χ0v) is 7.68. The SMILES string of the molecule is OCC1CC12CC21CCCCC1. The summed E-state index contributed by atoms with van der Waals surface area (Å²) in [6.07, 6.45) is 10.1. The van der Waals surface area contributed by atoms with Crippen molar-refractivity contribution in [3.63, 3.8) is 0 Å². The van der Waals surface area contributed by atoms with E-state index in [1.807, 2.05) is 0 Å². The number of aliphatic hydroxyl groups excluding tert-OH is 1. The summed E-state index contributed by atoms with van der Waals surface area (Å²) < 4.78 is 0. The maximum Gasteiger partial charge on any atom is 0.0465 e. The fourth-order valence-electron chi connectivity index (χ4n) is 3.95.